The van der Waals surface area contributed by atoms with E-state index >= 15 is 0 Å². The van der Waals surface area contributed by atoms with Gasteiger partial charge in [-0.2, -0.15) is 0 Å². The fourth-order valence-electron chi connectivity index (χ4n) is 3.93. The van der Waals surface area contributed by atoms with Crippen LogP contribution < -0.4 is 4.74 Å². The lowest BCUT2D eigenvalue weighted by atomic mass is 9.86. The first-order valence-electron chi connectivity index (χ1n) is 12.8. The molecule has 0 bridgehead atoms. The van der Waals surface area contributed by atoms with Crippen molar-refractivity contribution in [3.8, 4) is 5.75 Å². The van der Waals surface area contributed by atoms with Crippen molar-refractivity contribution >= 4 is 5.91 Å². The second-order valence-electron chi connectivity index (χ2n) is 9.93. The average Bonchev–Trinajstić information content (AvgIpc) is 2.89. The van der Waals surface area contributed by atoms with Gasteiger partial charge in [0, 0.05) is 13.0 Å². The van der Waals surface area contributed by atoms with Gasteiger partial charge in [-0.05, 0) is 59.6 Å². The third-order valence-electron chi connectivity index (χ3n) is 6.40. The Kier molecular flexibility index (Phi) is 11.0. The Labute approximate surface area is 213 Å². The Hall–Kier alpha value is -3.07. The summed E-state index contributed by atoms with van der Waals surface area (Å²) in [4.78, 5) is 14.6. The Bertz CT molecular complexity index is 1000. The molecule has 0 heterocycles. The van der Waals surface area contributed by atoms with Crippen LogP contribution in [0.25, 0.3) is 0 Å². The van der Waals surface area contributed by atoms with Gasteiger partial charge >= 0.3 is 0 Å². The van der Waals surface area contributed by atoms with Crippen LogP contribution in [0.3, 0.4) is 0 Å². The highest BCUT2D eigenvalue weighted by Crippen LogP contribution is 2.27. The topological polar surface area (TPSA) is 29.5 Å². The molecule has 3 rings (SSSR count). The summed E-state index contributed by atoms with van der Waals surface area (Å²) in [6.45, 7) is 13.6. The second-order valence-corrected chi connectivity index (χ2v) is 9.93. The number of carbonyl (C=O) groups excluding carboxylic acids is 1. The van der Waals surface area contributed by atoms with Crippen LogP contribution in [0.5, 0.6) is 5.75 Å². The minimum Gasteiger partial charge on any atom is -0.497 e. The van der Waals surface area contributed by atoms with Crippen molar-refractivity contribution in [3.05, 3.63) is 101 Å². The van der Waals surface area contributed by atoms with E-state index in [-0.39, 0.29) is 17.4 Å². The minimum atomic E-state index is 0.0599. The molecule has 3 nitrogen and oxygen atoms in total. The summed E-state index contributed by atoms with van der Waals surface area (Å²) in [5.74, 6) is 1.04. The SMILES string of the molecule is CCC(=O)N(CCc1ccc(OC)cc1)C(C)c1ccc(C(C)(C)C)cc1.CCc1ccccc1. The molecule has 35 heavy (non-hydrogen) atoms. The molecule has 0 aromatic heterocycles. The first-order valence-corrected chi connectivity index (χ1v) is 12.8. The fourth-order valence-corrected chi connectivity index (χ4v) is 3.93. The number of amides is 1. The zero-order chi connectivity index (χ0) is 25.8. The molecule has 0 spiro atoms. The summed E-state index contributed by atoms with van der Waals surface area (Å²) >= 11 is 0. The number of hydrogen-bond acceptors (Lipinski definition) is 2. The van der Waals surface area contributed by atoms with Crippen LogP contribution in [0, 0.1) is 0 Å². The zero-order valence-electron chi connectivity index (χ0n) is 22.7. The third-order valence-corrected chi connectivity index (χ3v) is 6.40. The lowest BCUT2D eigenvalue weighted by Gasteiger charge is -2.30. The van der Waals surface area contributed by atoms with Crippen molar-refractivity contribution in [1.29, 1.82) is 0 Å². The molecule has 3 heteroatoms. The van der Waals surface area contributed by atoms with Gasteiger partial charge in [-0.3, -0.25) is 4.79 Å². The summed E-state index contributed by atoms with van der Waals surface area (Å²) in [6.07, 6.45) is 2.49. The van der Waals surface area contributed by atoms with E-state index < -0.39 is 0 Å². The van der Waals surface area contributed by atoms with Crippen LogP contribution in [0.15, 0.2) is 78.9 Å². The second kappa shape index (κ2) is 13.7. The van der Waals surface area contributed by atoms with E-state index in [0.717, 1.165) is 18.6 Å². The average molecular weight is 474 g/mol. The molecule has 0 aliphatic carbocycles. The lowest BCUT2D eigenvalue weighted by molar-refractivity contribution is -0.133. The van der Waals surface area contributed by atoms with E-state index in [2.05, 4.69) is 95.3 Å². The number of rotatable bonds is 8. The first-order chi connectivity index (χ1) is 16.7. The van der Waals surface area contributed by atoms with Gasteiger partial charge < -0.3 is 9.64 Å². The Morgan fingerprint density at radius 3 is 1.91 bits per heavy atom. The van der Waals surface area contributed by atoms with E-state index in [9.17, 15) is 4.79 Å². The van der Waals surface area contributed by atoms with Crippen molar-refractivity contribution < 1.29 is 9.53 Å². The maximum absolute atomic E-state index is 12.6. The highest BCUT2D eigenvalue weighted by Gasteiger charge is 2.21. The molecule has 0 aliphatic rings. The standard InChI is InChI=1S/C24H33NO2.C8H10/c1-7-23(26)25(17-16-19-8-14-22(27-6)15-9-19)18(2)20-10-12-21(13-11-20)24(3,4)5;1-2-8-6-4-3-5-7-8/h8-15,18H,7,16-17H2,1-6H3;3-7H,2H2,1H3. The Morgan fingerprint density at radius 1 is 0.857 bits per heavy atom. The molecule has 188 valence electrons. The molecule has 0 saturated carbocycles. The van der Waals surface area contributed by atoms with Crippen LogP contribution in [0.4, 0.5) is 0 Å². The Morgan fingerprint density at radius 2 is 1.46 bits per heavy atom. The number of ether oxygens (including phenoxy) is 1. The number of benzene rings is 3. The van der Waals surface area contributed by atoms with E-state index in [4.69, 9.17) is 4.74 Å². The molecule has 3 aromatic rings. The zero-order valence-corrected chi connectivity index (χ0v) is 22.7. The van der Waals surface area contributed by atoms with Gasteiger partial charge in [0.1, 0.15) is 5.75 Å². The number of carbonyl (C=O) groups is 1. The predicted molar refractivity (Wildman–Crippen MR) is 148 cm³/mol. The highest BCUT2D eigenvalue weighted by atomic mass is 16.5. The summed E-state index contributed by atoms with van der Waals surface area (Å²) in [6, 6.07) is 27.3. The maximum atomic E-state index is 12.6. The van der Waals surface area contributed by atoms with Gasteiger partial charge in [-0.25, -0.2) is 0 Å². The van der Waals surface area contributed by atoms with Crippen LogP contribution in [0.1, 0.15) is 76.3 Å². The van der Waals surface area contributed by atoms with Crippen LogP contribution in [-0.4, -0.2) is 24.5 Å². The van der Waals surface area contributed by atoms with Crippen molar-refractivity contribution in [2.24, 2.45) is 0 Å². The molecule has 0 aliphatic heterocycles. The Balaban J connectivity index is 0.000000456. The van der Waals surface area contributed by atoms with Gasteiger partial charge in [0.15, 0.2) is 0 Å². The minimum absolute atomic E-state index is 0.0599. The van der Waals surface area contributed by atoms with E-state index in [0.29, 0.717) is 13.0 Å². The van der Waals surface area contributed by atoms with E-state index in [1.165, 1.54) is 22.3 Å². The molecular formula is C32H43NO2. The molecule has 3 aromatic carbocycles. The van der Waals surface area contributed by atoms with Gasteiger partial charge in [0.2, 0.25) is 5.91 Å². The van der Waals surface area contributed by atoms with Gasteiger partial charge in [0.25, 0.3) is 0 Å². The molecule has 0 saturated heterocycles. The van der Waals surface area contributed by atoms with Crippen LogP contribution in [-0.2, 0) is 23.1 Å². The van der Waals surface area contributed by atoms with Crippen molar-refractivity contribution in [2.45, 2.75) is 72.3 Å². The van der Waals surface area contributed by atoms with Gasteiger partial charge in [-0.1, -0.05) is 101 Å². The molecule has 0 N–H and O–H groups in total. The fraction of sp³-hybridized carbons (Fsp3) is 0.406. The van der Waals surface area contributed by atoms with Crippen LogP contribution >= 0.6 is 0 Å². The van der Waals surface area contributed by atoms with Gasteiger partial charge in [-0.15, -0.1) is 0 Å². The predicted octanol–water partition coefficient (Wildman–Crippen LogP) is 7.78. The number of hydrogen-bond donors (Lipinski definition) is 0. The number of aryl methyl sites for hydroxylation is 1. The summed E-state index contributed by atoms with van der Waals surface area (Å²) in [5, 5.41) is 0. The van der Waals surface area contributed by atoms with E-state index in [1.807, 2.05) is 30.0 Å². The highest BCUT2D eigenvalue weighted by molar-refractivity contribution is 5.76. The van der Waals surface area contributed by atoms with Crippen LogP contribution in [0.2, 0.25) is 0 Å². The molecule has 0 radical (unpaired) electrons. The molecule has 1 amide bonds. The quantitative estimate of drug-likeness (QED) is 0.334. The maximum Gasteiger partial charge on any atom is 0.222 e. The van der Waals surface area contributed by atoms with Crippen molar-refractivity contribution in [2.75, 3.05) is 13.7 Å². The molecular weight excluding hydrogens is 430 g/mol. The van der Waals surface area contributed by atoms with E-state index in [1.54, 1.807) is 7.11 Å². The van der Waals surface area contributed by atoms with Crippen molar-refractivity contribution in [1.82, 2.24) is 4.90 Å². The lowest BCUT2D eigenvalue weighted by Crippen LogP contribution is -2.34. The summed E-state index contributed by atoms with van der Waals surface area (Å²) < 4.78 is 5.22. The number of methoxy groups -OCH3 is 1. The summed E-state index contributed by atoms with van der Waals surface area (Å²) in [5.41, 5.74) is 5.24. The smallest absolute Gasteiger partial charge is 0.222 e. The normalized spacial score (nSPS) is 11.7. The first kappa shape index (κ1) is 28.2. The number of nitrogens with zero attached hydrogens (tertiary/aromatic N) is 1. The largest absolute Gasteiger partial charge is 0.497 e. The van der Waals surface area contributed by atoms with Crippen molar-refractivity contribution in [3.63, 3.8) is 0 Å². The summed E-state index contributed by atoms with van der Waals surface area (Å²) in [7, 11) is 1.67. The third kappa shape index (κ3) is 8.90. The van der Waals surface area contributed by atoms with Gasteiger partial charge in [0.05, 0.1) is 13.2 Å². The monoisotopic (exact) mass is 473 g/mol. The molecule has 1 atom stereocenters. The molecule has 1 unspecified atom stereocenters. The molecule has 0 fully saturated rings.